The average Bonchev–Trinajstić information content (AvgIpc) is 2.86. The molecular formula is C18H35ClN2O3. The van der Waals surface area contributed by atoms with Gasteiger partial charge in [-0.15, -0.1) is 12.4 Å². The first-order valence-electron chi connectivity index (χ1n) is 9.50. The summed E-state index contributed by atoms with van der Waals surface area (Å²) in [6.45, 7) is 4.67. The summed E-state index contributed by atoms with van der Waals surface area (Å²) in [5.74, 6) is -0.0246. The number of hydrogen-bond donors (Lipinski definition) is 2. The van der Waals surface area contributed by atoms with E-state index >= 15 is 0 Å². The van der Waals surface area contributed by atoms with E-state index in [0.29, 0.717) is 19.2 Å². The SMILES string of the molecule is CC(OCC1CCCCO1)C(=O)NCCNC1CCCCCC1.Cl. The fourth-order valence-electron chi connectivity index (χ4n) is 3.36. The van der Waals surface area contributed by atoms with Crippen molar-refractivity contribution >= 4 is 18.3 Å². The minimum Gasteiger partial charge on any atom is -0.376 e. The minimum absolute atomic E-state index is 0. The number of carbonyl (C=O) groups excluding carboxylic acids is 1. The summed E-state index contributed by atoms with van der Waals surface area (Å²) in [7, 11) is 0. The Morgan fingerprint density at radius 1 is 1.08 bits per heavy atom. The van der Waals surface area contributed by atoms with Crippen LogP contribution in [0.2, 0.25) is 0 Å². The maximum atomic E-state index is 12.0. The molecule has 0 radical (unpaired) electrons. The van der Waals surface area contributed by atoms with Crippen molar-refractivity contribution in [3.8, 4) is 0 Å². The van der Waals surface area contributed by atoms with E-state index in [2.05, 4.69) is 10.6 Å². The maximum absolute atomic E-state index is 12.0. The maximum Gasteiger partial charge on any atom is 0.248 e. The van der Waals surface area contributed by atoms with Gasteiger partial charge in [0.15, 0.2) is 0 Å². The number of hydrogen-bond acceptors (Lipinski definition) is 4. The van der Waals surface area contributed by atoms with E-state index in [0.717, 1.165) is 26.0 Å². The van der Waals surface area contributed by atoms with Crippen molar-refractivity contribution in [2.75, 3.05) is 26.3 Å². The van der Waals surface area contributed by atoms with Crippen LogP contribution in [0.4, 0.5) is 0 Å². The Kier molecular flexibility index (Phi) is 11.7. The summed E-state index contributed by atoms with van der Waals surface area (Å²) >= 11 is 0. The fourth-order valence-corrected chi connectivity index (χ4v) is 3.36. The van der Waals surface area contributed by atoms with Gasteiger partial charge in [-0.05, 0) is 39.0 Å². The molecule has 0 aromatic heterocycles. The van der Waals surface area contributed by atoms with Crippen molar-refractivity contribution < 1.29 is 14.3 Å². The Bertz CT molecular complexity index is 330. The first-order valence-corrected chi connectivity index (χ1v) is 9.50. The second kappa shape index (κ2) is 12.9. The monoisotopic (exact) mass is 362 g/mol. The molecule has 1 aliphatic heterocycles. The number of nitrogens with one attached hydrogen (secondary N) is 2. The highest BCUT2D eigenvalue weighted by atomic mass is 35.5. The van der Waals surface area contributed by atoms with Crippen LogP contribution in [0.5, 0.6) is 0 Å². The molecule has 2 rings (SSSR count). The Labute approximate surface area is 153 Å². The molecule has 0 spiro atoms. The molecule has 6 heteroatoms. The van der Waals surface area contributed by atoms with Gasteiger partial charge < -0.3 is 20.1 Å². The molecule has 0 bridgehead atoms. The largest absolute Gasteiger partial charge is 0.376 e. The smallest absolute Gasteiger partial charge is 0.248 e. The Morgan fingerprint density at radius 2 is 1.79 bits per heavy atom. The molecule has 1 heterocycles. The van der Waals surface area contributed by atoms with E-state index in [1.807, 2.05) is 6.92 Å². The minimum atomic E-state index is -0.404. The molecule has 2 fully saturated rings. The Morgan fingerprint density at radius 3 is 2.46 bits per heavy atom. The van der Waals surface area contributed by atoms with Crippen molar-refractivity contribution in [1.29, 1.82) is 0 Å². The zero-order valence-electron chi connectivity index (χ0n) is 15.1. The Hall–Kier alpha value is -0.360. The summed E-state index contributed by atoms with van der Waals surface area (Å²) in [6.07, 6.45) is 11.1. The molecule has 0 aromatic carbocycles. The van der Waals surface area contributed by atoms with Crippen LogP contribution in [0.15, 0.2) is 0 Å². The van der Waals surface area contributed by atoms with Gasteiger partial charge in [-0.2, -0.15) is 0 Å². The van der Waals surface area contributed by atoms with Crippen LogP contribution < -0.4 is 10.6 Å². The molecule has 142 valence electrons. The van der Waals surface area contributed by atoms with Gasteiger partial charge in [0.05, 0.1) is 12.7 Å². The normalized spacial score (nSPS) is 23.8. The van der Waals surface area contributed by atoms with Crippen LogP contribution >= 0.6 is 12.4 Å². The summed E-state index contributed by atoms with van der Waals surface area (Å²) in [6, 6.07) is 0.631. The van der Waals surface area contributed by atoms with Gasteiger partial charge in [-0.3, -0.25) is 4.79 Å². The van der Waals surface area contributed by atoms with Crippen LogP contribution in [-0.4, -0.2) is 50.5 Å². The van der Waals surface area contributed by atoms with Crippen LogP contribution in [0, 0.1) is 0 Å². The van der Waals surface area contributed by atoms with Crippen molar-refractivity contribution in [1.82, 2.24) is 10.6 Å². The second-order valence-corrected chi connectivity index (χ2v) is 6.90. The number of carbonyl (C=O) groups is 1. The number of amides is 1. The Balaban J connectivity index is 0.00000288. The van der Waals surface area contributed by atoms with Crippen molar-refractivity contribution in [3.63, 3.8) is 0 Å². The quantitative estimate of drug-likeness (QED) is 0.515. The van der Waals surface area contributed by atoms with Crippen molar-refractivity contribution in [2.45, 2.75) is 83.0 Å². The third kappa shape index (κ3) is 8.65. The highest BCUT2D eigenvalue weighted by molar-refractivity contribution is 5.85. The molecule has 1 amide bonds. The average molecular weight is 363 g/mol. The molecule has 0 aromatic rings. The molecule has 2 N–H and O–H groups in total. The van der Waals surface area contributed by atoms with E-state index in [-0.39, 0.29) is 24.4 Å². The van der Waals surface area contributed by atoms with Gasteiger partial charge >= 0.3 is 0 Å². The van der Waals surface area contributed by atoms with Crippen LogP contribution in [0.1, 0.15) is 64.7 Å². The summed E-state index contributed by atoms with van der Waals surface area (Å²) in [5, 5.41) is 6.52. The van der Waals surface area contributed by atoms with Gasteiger partial charge in [0, 0.05) is 25.7 Å². The van der Waals surface area contributed by atoms with Gasteiger partial charge in [-0.1, -0.05) is 25.7 Å². The van der Waals surface area contributed by atoms with Crippen LogP contribution in [0.3, 0.4) is 0 Å². The number of ether oxygens (including phenoxy) is 2. The molecule has 5 nitrogen and oxygen atoms in total. The molecule has 2 unspecified atom stereocenters. The highest BCUT2D eigenvalue weighted by Crippen LogP contribution is 2.17. The molecule has 1 aliphatic carbocycles. The number of rotatable bonds is 8. The number of halogens is 1. The second-order valence-electron chi connectivity index (χ2n) is 6.90. The lowest BCUT2D eigenvalue weighted by molar-refractivity contribution is -0.135. The highest BCUT2D eigenvalue weighted by Gasteiger charge is 2.18. The third-order valence-corrected chi connectivity index (χ3v) is 4.89. The van der Waals surface area contributed by atoms with Gasteiger partial charge in [-0.25, -0.2) is 0 Å². The predicted octanol–water partition coefficient (Wildman–Crippen LogP) is 2.81. The molecular weight excluding hydrogens is 328 g/mol. The topological polar surface area (TPSA) is 59.6 Å². The van der Waals surface area contributed by atoms with Crippen molar-refractivity contribution in [3.05, 3.63) is 0 Å². The lowest BCUT2D eigenvalue weighted by Crippen LogP contribution is -2.41. The van der Waals surface area contributed by atoms with Gasteiger partial charge in [0.1, 0.15) is 6.10 Å². The summed E-state index contributed by atoms with van der Waals surface area (Å²) in [5.41, 5.74) is 0. The third-order valence-electron chi connectivity index (χ3n) is 4.89. The van der Waals surface area contributed by atoms with E-state index < -0.39 is 6.10 Å². The zero-order valence-corrected chi connectivity index (χ0v) is 15.9. The fraction of sp³-hybridized carbons (Fsp3) is 0.944. The lowest BCUT2D eigenvalue weighted by Gasteiger charge is -2.24. The van der Waals surface area contributed by atoms with Gasteiger partial charge in [0.25, 0.3) is 0 Å². The van der Waals surface area contributed by atoms with Crippen LogP contribution in [-0.2, 0) is 14.3 Å². The molecule has 2 atom stereocenters. The summed E-state index contributed by atoms with van der Waals surface area (Å²) < 4.78 is 11.3. The standard InChI is InChI=1S/C18H34N2O3.ClH/c1-15(23-14-17-10-6-7-13-22-17)18(21)20-12-11-19-16-8-4-2-3-5-9-16;/h15-17,19H,2-14H2,1H3,(H,20,21);1H. The van der Waals surface area contributed by atoms with E-state index in [1.165, 1.54) is 44.9 Å². The molecule has 2 aliphatic rings. The van der Waals surface area contributed by atoms with Crippen LogP contribution in [0.25, 0.3) is 0 Å². The first kappa shape index (κ1) is 21.7. The molecule has 1 saturated carbocycles. The first-order chi connectivity index (χ1) is 11.3. The van der Waals surface area contributed by atoms with Gasteiger partial charge in [0.2, 0.25) is 5.91 Å². The predicted molar refractivity (Wildman–Crippen MR) is 98.8 cm³/mol. The molecule has 24 heavy (non-hydrogen) atoms. The van der Waals surface area contributed by atoms with E-state index in [1.54, 1.807) is 0 Å². The van der Waals surface area contributed by atoms with E-state index in [4.69, 9.17) is 9.47 Å². The van der Waals surface area contributed by atoms with Crippen molar-refractivity contribution in [2.24, 2.45) is 0 Å². The molecule has 1 saturated heterocycles. The lowest BCUT2D eigenvalue weighted by atomic mass is 10.1. The van der Waals surface area contributed by atoms with E-state index in [9.17, 15) is 4.79 Å². The zero-order chi connectivity index (χ0) is 16.3. The summed E-state index contributed by atoms with van der Waals surface area (Å²) in [4.78, 5) is 12.0.